The Kier molecular flexibility index (Phi) is 4.32. The van der Waals surface area contributed by atoms with Gasteiger partial charge < -0.3 is 14.8 Å². The second-order valence-corrected chi connectivity index (χ2v) is 5.45. The largest absolute Gasteiger partial charge is 0.486 e. The third-order valence-electron chi connectivity index (χ3n) is 3.70. The molecule has 1 aliphatic heterocycles. The van der Waals surface area contributed by atoms with Crippen molar-refractivity contribution in [1.82, 2.24) is 5.32 Å². The molecular formula is C17H18ClNO2. The molecule has 1 unspecified atom stereocenters. The number of likely N-dealkylation sites (N-methyl/N-ethyl adjacent to an activating group) is 1. The minimum Gasteiger partial charge on any atom is -0.486 e. The zero-order chi connectivity index (χ0) is 14.7. The third kappa shape index (κ3) is 3.14. The number of halogens is 1. The van der Waals surface area contributed by atoms with Crippen molar-refractivity contribution >= 4 is 11.6 Å². The standard InChI is InChI=1S/C17H18ClNO2/c1-19-15(10-12-4-2-3-5-14(12)18)13-6-7-16-17(11-13)21-9-8-20-16/h2-7,11,15,19H,8-10H2,1H3. The normalized spacial score (nSPS) is 14.8. The molecule has 0 fully saturated rings. The van der Waals surface area contributed by atoms with Gasteiger partial charge in [-0.1, -0.05) is 35.9 Å². The molecule has 2 aromatic rings. The van der Waals surface area contributed by atoms with Crippen LogP contribution in [-0.2, 0) is 6.42 Å². The van der Waals surface area contributed by atoms with E-state index in [1.165, 1.54) is 5.56 Å². The first-order valence-electron chi connectivity index (χ1n) is 7.08. The smallest absolute Gasteiger partial charge is 0.161 e. The fourth-order valence-corrected chi connectivity index (χ4v) is 2.76. The summed E-state index contributed by atoms with van der Waals surface area (Å²) < 4.78 is 11.2. The lowest BCUT2D eigenvalue weighted by atomic mass is 9.98. The number of fused-ring (bicyclic) bond motifs is 1. The van der Waals surface area contributed by atoms with Crippen molar-refractivity contribution in [3.8, 4) is 11.5 Å². The Morgan fingerprint density at radius 2 is 1.86 bits per heavy atom. The van der Waals surface area contributed by atoms with E-state index in [0.717, 1.165) is 28.5 Å². The first-order chi connectivity index (χ1) is 10.3. The van der Waals surface area contributed by atoms with Crippen LogP contribution in [0.15, 0.2) is 42.5 Å². The van der Waals surface area contributed by atoms with E-state index in [4.69, 9.17) is 21.1 Å². The van der Waals surface area contributed by atoms with E-state index in [9.17, 15) is 0 Å². The molecule has 0 aliphatic carbocycles. The Hall–Kier alpha value is -1.71. The molecule has 0 amide bonds. The summed E-state index contributed by atoms with van der Waals surface area (Å²) in [4.78, 5) is 0. The summed E-state index contributed by atoms with van der Waals surface area (Å²) in [5, 5.41) is 4.15. The average Bonchev–Trinajstić information content (AvgIpc) is 2.54. The van der Waals surface area contributed by atoms with Crippen LogP contribution in [0, 0.1) is 0 Å². The highest BCUT2D eigenvalue weighted by Crippen LogP contribution is 2.33. The van der Waals surface area contributed by atoms with Crippen LogP contribution in [-0.4, -0.2) is 20.3 Å². The Morgan fingerprint density at radius 3 is 2.62 bits per heavy atom. The van der Waals surface area contributed by atoms with E-state index in [-0.39, 0.29) is 6.04 Å². The van der Waals surface area contributed by atoms with Gasteiger partial charge in [-0.05, 0) is 42.8 Å². The van der Waals surface area contributed by atoms with Crippen molar-refractivity contribution < 1.29 is 9.47 Å². The highest BCUT2D eigenvalue weighted by Gasteiger charge is 2.17. The first kappa shape index (κ1) is 14.2. The number of nitrogens with one attached hydrogen (secondary N) is 1. The molecule has 110 valence electrons. The number of rotatable bonds is 4. The molecule has 1 aliphatic rings. The summed E-state index contributed by atoms with van der Waals surface area (Å²) >= 11 is 6.26. The molecule has 0 aromatic heterocycles. The second-order valence-electron chi connectivity index (χ2n) is 5.04. The van der Waals surface area contributed by atoms with Crippen molar-refractivity contribution in [3.63, 3.8) is 0 Å². The molecule has 1 atom stereocenters. The molecular weight excluding hydrogens is 286 g/mol. The van der Waals surface area contributed by atoms with Gasteiger partial charge in [-0.25, -0.2) is 0 Å². The van der Waals surface area contributed by atoms with Crippen LogP contribution in [0.5, 0.6) is 11.5 Å². The maximum atomic E-state index is 6.26. The lowest BCUT2D eigenvalue weighted by Gasteiger charge is -2.22. The van der Waals surface area contributed by atoms with Crippen LogP contribution in [0.1, 0.15) is 17.2 Å². The summed E-state index contributed by atoms with van der Waals surface area (Å²) in [7, 11) is 1.96. The van der Waals surface area contributed by atoms with Crippen molar-refractivity contribution in [1.29, 1.82) is 0 Å². The van der Waals surface area contributed by atoms with Crippen LogP contribution in [0.25, 0.3) is 0 Å². The highest BCUT2D eigenvalue weighted by atomic mass is 35.5. The number of benzene rings is 2. The van der Waals surface area contributed by atoms with Crippen LogP contribution in [0.3, 0.4) is 0 Å². The maximum Gasteiger partial charge on any atom is 0.161 e. The minimum absolute atomic E-state index is 0.181. The molecule has 0 bridgehead atoms. The second kappa shape index (κ2) is 6.37. The summed E-state index contributed by atoms with van der Waals surface area (Å²) in [5.41, 5.74) is 2.30. The zero-order valence-electron chi connectivity index (χ0n) is 11.9. The van der Waals surface area contributed by atoms with Crippen molar-refractivity contribution in [3.05, 3.63) is 58.6 Å². The molecule has 0 saturated carbocycles. The fourth-order valence-electron chi connectivity index (χ4n) is 2.55. The Labute approximate surface area is 129 Å². The molecule has 21 heavy (non-hydrogen) atoms. The lowest BCUT2D eigenvalue weighted by molar-refractivity contribution is 0.171. The topological polar surface area (TPSA) is 30.5 Å². The highest BCUT2D eigenvalue weighted by molar-refractivity contribution is 6.31. The summed E-state index contributed by atoms with van der Waals surface area (Å²) in [6.45, 7) is 1.21. The van der Waals surface area contributed by atoms with Gasteiger partial charge in [0, 0.05) is 11.1 Å². The van der Waals surface area contributed by atoms with Gasteiger partial charge in [0.2, 0.25) is 0 Å². The van der Waals surface area contributed by atoms with E-state index in [1.807, 2.05) is 37.4 Å². The van der Waals surface area contributed by atoms with Crippen molar-refractivity contribution in [2.75, 3.05) is 20.3 Å². The predicted octanol–water partition coefficient (Wildman–Crippen LogP) is 3.61. The van der Waals surface area contributed by atoms with Crippen LogP contribution < -0.4 is 14.8 Å². The van der Waals surface area contributed by atoms with Gasteiger partial charge in [-0.15, -0.1) is 0 Å². The van der Waals surface area contributed by atoms with E-state index in [0.29, 0.717) is 13.2 Å². The minimum atomic E-state index is 0.181. The SMILES string of the molecule is CNC(Cc1ccccc1Cl)c1ccc2c(c1)OCCO2. The van der Waals surface area contributed by atoms with Gasteiger partial charge in [0.25, 0.3) is 0 Å². The van der Waals surface area contributed by atoms with Crippen LogP contribution >= 0.6 is 11.6 Å². The molecule has 0 saturated heterocycles. The quantitative estimate of drug-likeness (QED) is 0.936. The van der Waals surface area contributed by atoms with Gasteiger partial charge in [0.15, 0.2) is 11.5 Å². The van der Waals surface area contributed by atoms with Crippen molar-refractivity contribution in [2.45, 2.75) is 12.5 Å². The predicted molar refractivity (Wildman–Crippen MR) is 84.4 cm³/mol. The molecule has 2 aromatic carbocycles. The molecule has 3 rings (SSSR count). The summed E-state index contributed by atoms with van der Waals surface area (Å²) in [6.07, 6.45) is 0.829. The Balaban J connectivity index is 1.85. The molecule has 1 heterocycles. The van der Waals surface area contributed by atoms with Crippen LogP contribution in [0.4, 0.5) is 0 Å². The molecule has 4 heteroatoms. The number of hydrogen-bond acceptors (Lipinski definition) is 3. The number of ether oxygens (including phenoxy) is 2. The monoisotopic (exact) mass is 303 g/mol. The maximum absolute atomic E-state index is 6.26. The fraction of sp³-hybridized carbons (Fsp3) is 0.294. The van der Waals surface area contributed by atoms with Gasteiger partial charge in [-0.2, -0.15) is 0 Å². The van der Waals surface area contributed by atoms with Gasteiger partial charge in [0.05, 0.1) is 0 Å². The molecule has 3 nitrogen and oxygen atoms in total. The first-order valence-corrected chi connectivity index (χ1v) is 7.46. The van der Waals surface area contributed by atoms with E-state index >= 15 is 0 Å². The molecule has 1 N–H and O–H groups in total. The Morgan fingerprint density at radius 1 is 1.10 bits per heavy atom. The zero-order valence-corrected chi connectivity index (χ0v) is 12.7. The molecule has 0 spiro atoms. The third-order valence-corrected chi connectivity index (χ3v) is 4.07. The van der Waals surface area contributed by atoms with E-state index in [1.54, 1.807) is 0 Å². The van der Waals surface area contributed by atoms with Gasteiger partial charge in [0.1, 0.15) is 13.2 Å². The molecule has 0 radical (unpaired) electrons. The van der Waals surface area contributed by atoms with E-state index in [2.05, 4.69) is 17.4 Å². The van der Waals surface area contributed by atoms with Gasteiger partial charge >= 0.3 is 0 Å². The lowest BCUT2D eigenvalue weighted by Crippen LogP contribution is -2.20. The summed E-state index contributed by atoms with van der Waals surface area (Å²) in [5.74, 6) is 1.63. The number of hydrogen-bond donors (Lipinski definition) is 1. The van der Waals surface area contributed by atoms with Gasteiger partial charge in [-0.3, -0.25) is 0 Å². The Bertz CT molecular complexity index is 630. The van der Waals surface area contributed by atoms with E-state index < -0.39 is 0 Å². The van der Waals surface area contributed by atoms with Crippen molar-refractivity contribution in [2.24, 2.45) is 0 Å². The summed E-state index contributed by atoms with van der Waals surface area (Å²) in [6, 6.07) is 14.2. The van der Waals surface area contributed by atoms with Crippen LogP contribution in [0.2, 0.25) is 5.02 Å². The average molecular weight is 304 g/mol.